The number of methoxy groups -OCH3 is 1. The molecule has 0 unspecified atom stereocenters. The summed E-state index contributed by atoms with van der Waals surface area (Å²) in [4.78, 5) is 7.27. The van der Waals surface area contributed by atoms with Crippen molar-refractivity contribution in [2.45, 2.75) is 18.9 Å². The summed E-state index contributed by atoms with van der Waals surface area (Å²) >= 11 is 0. The predicted octanol–water partition coefficient (Wildman–Crippen LogP) is 0.908. The van der Waals surface area contributed by atoms with Crippen molar-refractivity contribution in [1.29, 1.82) is 0 Å². The van der Waals surface area contributed by atoms with Crippen LogP contribution in [0.15, 0.2) is 18.2 Å². The fraction of sp³-hybridized carbons (Fsp3) is 0.684. The number of anilines is 2. The lowest BCUT2D eigenvalue weighted by Crippen LogP contribution is -2.53. The maximum Gasteiger partial charge on any atom is 0.148 e. The fourth-order valence-corrected chi connectivity index (χ4v) is 4.63. The lowest BCUT2D eigenvalue weighted by Gasteiger charge is -2.43. The molecule has 0 bridgehead atoms. The highest BCUT2D eigenvalue weighted by Gasteiger charge is 2.27. The minimum absolute atomic E-state index is 0.265. The van der Waals surface area contributed by atoms with Gasteiger partial charge in [0.05, 0.1) is 18.6 Å². The standard InChI is InChI=1S/C19H32N4O3S/c1-26-19-15-17(3-4-18(19)20)23-11-9-22(10-12-23)16-5-7-21(8-6-16)13-14-27(2,24)25/h3-4,15-16H,5-14,20H2,1-2H3. The Hall–Kier alpha value is -1.51. The molecule has 0 spiro atoms. The number of hydrogen-bond donors (Lipinski definition) is 1. The molecule has 2 aliphatic rings. The van der Waals surface area contributed by atoms with Crippen molar-refractivity contribution >= 4 is 21.2 Å². The van der Waals surface area contributed by atoms with E-state index in [0.29, 0.717) is 18.3 Å². The summed E-state index contributed by atoms with van der Waals surface area (Å²) in [5.41, 5.74) is 7.75. The summed E-state index contributed by atoms with van der Waals surface area (Å²) in [6.07, 6.45) is 3.56. The predicted molar refractivity (Wildman–Crippen MR) is 110 cm³/mol. The van der Waals surface area contributed by atoms with Crippen molar-refractivity contribution < 1.29 is 13.2 Å². The zero-order chi connectivity index (χ0) is 19.4. The van der Waals surface area contributed by atoms with Crippen LogP contribution in [0.1, 0.15) is 12.8 Å². The van der Waals surface area contributed by atoms with Crippen LogP contribution in [0.25, 0.3) is 0 Å². The zero-order valence-electron chi connectivity index (χ0n) is 16.4. The van der Waals surface area contributed by atoms with Gasteiger partial charge in [0, 0.05) is 56.8 Å². The van der Waals surface area contributed by atoms with E-state index in [0.717, 1.165) is 63.5 Å². The third-order valence-corrected chi connectivity index (χ3v) is 6.67. The highest BCUT2D eigenvalue weighted by Crippen LogP contribution is 2.28. The van der Waals surface area contributed by atoms with Crippen LogP contribution in [0.3, 0.4) is 0 Å². The molecule has 2 aliphatic heterocycles. The van der Waals surface area contributed by atoms with Gasteiger partial charge in [-0.1, -0.05) is 0 Å². The smallest absolute Gasteiger partial charge is 0.148 e. The number of piperazine rings is 1. The summed E-state index contributed by atoms with van der Waals surface area (Å²) in [6.45, 7) is 6.77. The Kier molecular flexibility index (Phi) is 6.49. The molecule has 3 rings (SSSR count). The van der Waals surface area contributed by atoms with Crippen LogP contribution >= 0.6 is 0 Å². The van der Waals surface area contributed by atoms with Gasteiger partial charge in [-0.15, -0.1) is 0 Å². The number of rotatable bonds is 6. The van der Waals surface area contributed by atoms with Crippen molar-refractivity contribution in [2.75, 3.05) is 75.6 Å². The van der Waals surface area contributed by atoms with Crippen LogP contribution in [0.2, 0.25) is 0 Å². The minimum Gasteiger partial charge on any atom is -0.495 e. The minimum atomic E-state index is -2.87. The largest absolute Gasteiger partial charge is 0.495 e. The van der Waals surface area contributed by atoms with E-state index in [1.165, 1.54) is 6.26 Å². The Morgan fingerprint density at radius 3 is 2.37 bits per heavy atom. The van der Waals surface area contributed by atoms with Crippen LogP contribution in [0, 0.1) is 0 Å². The first kappa shape index (κ1) is 20.2. The Labute approximate surface area is 163 Å². The summed E-state index contributed by atoms with van der Waals surface area (Å²) in [5, 5.41) is 0. The van der Waals surface area contributed by atoms with E-state index < -0.39 is 9.84 Å². The molecule has 152 valence electrons. The molecule has 2 heterocycles. The number of nitrogen functional groups attached to an aromatic ring is 1. The number of sulfone groups is 1. The van der Waals surface area contributed by atoms with Gasteiger partial charge in [-0.25, -0.2) is 8.42 Å². The normalized spacial score (nSPS) is 20.7. The molecule has 7 nitrogen and oxygen atoms in total. The number of piperidine rings is 1. The number of likely N-dealkylation sites (tertiary alicyclic amines) is 1. The zero-order valence-corrected chi connectivity index (χ0v) is 17.2. The second-order valence-electron chi connectivity index (χ2n) is 7.65. The monoisotopic (exact) mass is 396 g/mol. The second kappa shape index (κ2) is 8.67. The maximum absolute atomic E-state index is 11.3. The molecular formula is C19H32N4O3S. The van der Waals surface area contributed by atoms with Crippen LogP contribution in [-0.2, 0) is 9.84 Å². The first-order chi connectivity index (χ1) is 12.9. The van der Waals surface area contributed by atoms with Gasteiger partial charge in [-0.3, -0.25) is 4.90 Å². The van der Waals surface area contributed by atoms with Gasteiger partial charge in [0.25, 0.3) is 0 Å². The Balaban J connectivity index is 1.46. The molecule has 0 radical (unpaired) electrons. The lowest BCUT2D eigenvalue weighted by atomic mass is 10.0. The third-order valence-electron chi connectivity index (χ3n) is 5.75. The quantitative estimate of drug-likeness (QED) is 0.716. The molecule has 2 N–H and O–H groups in total. The molecule has 0 atom stereocenters. The molecule has 2 fully saturated rings. The third kappa shape index (κ3) is 5.49. The Morgan fingerprint density at radius 2 is 1.78 bits per heavy atom. The van der Waals surface area contributed by atoms with Crippen LogP contribution in [0.4, 0.5) is 11.4 Å². The average molecular weight is 397 g/mol. The van der Waals surface area contributed by atoms with E-state index in [9.17, 15) is 8.42 Å². The van der Waals surface area contributed by atoms with Crippen LogP contribution < -0.4 is 15.4 Å². The van der Waals surface area contributed by atoms with E-state index in [2.05, 4.69) is 20.8 Å². The summed E-state index contributed by atoms with van der Waals surface area (Å²) < 4.78 is 28.0. The maximum atomic E-state index is 11.3. The molecule has 0 amide bonds. The lowest BCUT2D eigenvalue weighted by molar-refractivity contribution is 0.106. The summed E-state index contributed by atoms with van der Waals surface area (Å²) in [7, 11) is -1.22. The molecule has 0 aromatic heterocycles. The Bertz CT molecular complexity index is 724. The number of nitrogens with two attached hydrogens (primary N) is 1. The van der Waals surface area contributed by atoms with Gasteiger partial charge in [-0.05, 0) is 38.1 Å². The van der Waals surface area contributed by atoms with Crippen molar-refractivity contribution in [3.63, 3.8) is 0 Å². The van der Waals surface area contributed by atoms with Gasteiger partial charge in [0.2, 0.25) is 0 Å². The van der Waals surface area contributed by atoms with Crippen LogP contribution in [0.5, 0.6) is 5.75 Å². The second-order valence-corrected chi connectivity index (χ2v) is 9.91. The van der Waals surface area contributed by atoms with Gasteiger partial charge in [0.15, 0.2) is 0 Å². The Morgan fingerprint density at radius 1 is 1.11 bits per heavy atom. The fourth-order valence-electron chi connectivity index (χ4n) is 4.04. The molecule has 1 aromatic carbocycles. The van der Waals surface area contributed by atoms with Gasteiger partial charge >= 0.3 is 0 Å². The molecule has 1 aromatic rings. The number of hydrogen-bond acceptors (Lipinski definition) is 7. The van der Waals surface area contributed by atoms with Gasteiger partial charge in [-0.2, -0.15) is 0 Å². The average Bonchev–Trinajstić information content (AvgIpc) is 2.67. The SMILES string of the molecule is COc1cc(N2CCN(C3CCN(CCS(C)(=O)=O)CC3)CC2)ccc1N. The van der Waals surface area contributed by atoms with Crippen molar-refractivity contribution in [3.05, 3.63) is 18.2 Å². The molecule has 0 aliphatic carbocycles. The van der Waals surface area contributed by atoms with Gasteiger partial charge < -0.3 is 20.3 Å². The van der Waals surface area contributed by atoms with Crippen LogP contribution in [-0.4, -0.2) is 89.2 Å². The molecule has 27 heavy (non-hydrogen) atoms. The van der Waals surface area contributed by atoms with E-state index in [1.807, 2.05) is 12.1 Å². The summed E-state index contributed by atoms with van der Waals surface area (Å²) in [5.74, 6) is 0.998. The highest BCUT2D eigenvalue weighted by molar-refractivity contribution is 7.90. The van der Waals surface area contributed by atoms with Crippen molar-refractivity contribution in [1.82, 2.24) is 9.80 Å². The number of ether oxygens (including phenoxy) is 1. The highest BCUT2D eigenvalue weighted by atomic mass is 32.2. The molecule has 2 saturated heterocycles. The van der Waals surface area contributed by atoms with Crippen molar-refractivity contribution in [3.8, 4) is 5.75 Å². The first-order valence-corrected chi connectivity index (χ1v) is 11.7. The van der Waals surface area contributed by atoms with Crippen molar-refractivity contribution in [2.24, 2.45) is 0 Å². The van der Waals surface area contributed by atoms with E-state index in [-0.39, 0.29) is 5.75 Å². The number of benzene rings is 1. The molecular weight excluding hydrogens is 364 g/mol. The topological polar surface area (TPSA) is 79.1 Å². The van der Waals surface area contributed by atoms with E-state index >= 15 is 0 Å². The molecule has 0 saturated carbocycles. The first-order valence-electron chi connectivity index (χ1n) is 9.68. The molecule has 8 heteroatoms. The van der Waals surface area contributed by atoms with E-state index in [1.54, 1.807) is 7.11 Å². The number of nitrogens with zero attached hydrogens (tertiary/aromatic N) is 3. The summed E-state index contributed by atoms with van der Waals surface area (Å²) in [6, 6.07) is 6.61. The van der Waals surface area contributed by atoms with E-state index in [4.69, 9.17) is 10.5 Å². The van der Waals surface area contributed by atoms with Gasteiger partial charge in [0.1, 0.15) is 15.6 Å².